The van der Waals surface area contributed by atoms with Crippen LogP contribution in [0.15, 0.2) is 60.3 Å². The molecule has 100 valence electrons. The molecule has 0 aliphatic heterocycles. The second-order valence-corrected chi connectivity index (χ2v) is 4.87. The monoisotopic (exact) mass is 265 g/mol. The van der Waals surface area contributed by atoms with E-state index in [4.69, 9.17) is 5.21 Å². The first-order valence-electron chi connectivity index (χ1n) is 6.49. The Morgan fingerprint density at radius 3 is 2.30 bits per heavy atom. The smallest absolute Gasteiger partial charge is 0.137 e. The van der Waals surface area contributed by atoms with Gasteiger partial charge in [-0.05, 0) is 33.2 Å². The predicted octanol–water partition coefficient (Wildman–Crippen LogP) is 3.13. The number of benzene rings is 3. The summed E-state index contributed by atoms with van der Waals surface area (Å²) in [5.41, 5.74) is 1.28. The Morgan fingerprint density at radius 1 is 1.00 bits per heavy atom. The zero-order chi connectivity index (χ0) is 14.1. The summed E-state index contributed by atoms with van der Waals surface area (Å²) in [6, 6.07) is 18.3. The van der Waals surface area contributed by atoms with Crippen LogP contribution in [0.5, 0.6) is 0 Å². The van der Waals surface area contributed by atoms with Gasteiger partial charge in [-0.15, -0.1) is 0 Å². The molecule has 1 unspecified atom stereocenters. The van der Waals surface area contributed by atoms with E-state index in [0.717, 1.165) is 21.7 Å². The van der Waals surface area contributed by atoms with Gasteiger partial charge in [-0.25, -0.2) is 5.21 Å². The Bertz CT molecular complexity index is 806. The summed E-state index contributed by atoms with van der Waals surface area (Å²) in [6.07, 6.45) is 1.73. The number of hydroxylamine groups is 2. The van der Waals surface area contributed by atoms with Crippen LogP contribution in [0.3, 0.4) is 0 Å². The van der Waals surface area contributed by atoms with Crippen molar-refractivity contribution in [2.75, 3.05) is 0 Å². The molecule has 0 saturated carbocycles. The molecule has 0 aromatic heterocycles. The van der Waals surface area contributed by atoms with Crippen molar-refractivity contribution in [3.05, 3.63) is 71.1 Å². The summed E-state index contributed by atoms with van der Waals surface area (Å²) in [6.45, 7) is 1.62. The van der Waals surface area contributed by atoms with Crippen LogP contribution in [0, 0.1) is 5.21 Å². The molecule has 3 rings (SSSR count). The standard InChI is InChI=1S/C17H15NO2/c1-12(18(19)20)10-14-11-13-6-2-3-7-15(13)17-9-5-4-8-16(14)17/h2-11,18-19H,1H3. The maximum atomic E-state index is 11.0. The zero-order valence-electron chi connectivity index (χ0n) is 11.1. The topological polar surface area (TPSA) is 47.7 Å². The van der Waals surface area contributed by atoms with E-state index in [2.05, 4.69) is 18.2 Å². The van der Waals surface area contributed by atoms with Gasteiger partial charge in [-0.2, -0.15) is 5.23 Å². The van der Waals surface area contributed by atoms with E-state index in [9.17, 15) is 5.21 Å². The molecule has 1 atom stereocenters. The predicted molar refractivity (Wildman–Crippen MR) is 81.2 cm³/mol. The fraction of sp³-hybridized carbons (Fsp3) is 0.0588. The number of nitrogens with one attached hydrogen (secondary N) is 1. The number of rotatable bonds is 2. The molecule has 0 radical (unpaired) electrons. The second kappa shape index (κ2) is 5.06. The molecule has 20 heavy (non-hydrogen) atoms. The average molecular weight is 265 g/mol. The van der Waals surface area contributed by atoms with Gasteiger partial charge in [0.1, 0.15) is 5.70 Å². The van der Waals surface area contributed by atoms with Gasteiger partial charge in [0.2, 0.25) is 0 Å². The summed E-state index contributed by atoms with van der Waals surface area (Å²) < 4.78 is 0. The van der Waals surface area contributed by atoms with Gasteiger partial charge in [0.25, 0.3) is 0 Å². The van der Waals surface area contributed by atoms with Gasteiger partial charge in [-0.3, -0.25) is 0 Å². The van der Waals surface area contributed by atoms with E-state index in [1.54, 1.807) is 13.0 Å². The molecule has 3 heteroatoms. The maximum absolute atomic E-state index is 11.0. The van der Waals surface area contributed by atoms with E-state index >= 15 is 0 Å². The van der Waals surface area contributed by atoms with Crippen LogP contribution in [0.2, 0.25) is 0 Å². The number of fused-ring (bicyclic) bond motifs is 3. The van der Waals surface area contributed by atoms with Crippen molar-refractivity contribution in [1.82, 2.24) is 0 Å². The van der Waals surface area contributed by atoms with E-state index in [1.807, 2.05) is 36.4 Å². The van der Waals surface area contributed by atoms with Crippen LogP contribution in [0.4, 0.5) is 0 Å². The highest BCUT2D eigenvalue weighted by molar-refractivity contribution is 6.10. The molecular formula is C17H15NO2. The molecule has 0 heterocycles. The summed E-state index contributed by atoms with van der Waals surface area (Å²) in [5.74, 6) is 0. The zero-order valence-corrected chi connectivity index (χ0v) is 11.1. The molecule has 0 aliphatic rings. The van der Waals surface area contributed by atoms with E-state index in [1.165, 1.54) is 5.39 Å². The quantitative estimate of drug-likeness (QED) is 0.552. The number of allylic oxidation sites excluding steroid dienone is 1. The fourth-order valence-corrected chi connectivity index (χ4v) is 2.50. The molecule has 3 aromatic carbocycles. The average Bonchev–Trinajstić information content (AvgIpc) is 2.47. The van der Waals surface area contributed by atoms with Crippen LogP contribution in [-0.2, 0) is 0 Å². The third-order valence-corrected chi connectivity index (χ3v) is 3.51. The highest BCUT2D eigenvalue weighted by atomic mass is 16.8. The Balaban J connectivity index is 2.38. The van der Waals surface area contributed by atoms with E-state index < -0.39 is 5.23 Å². The molecule has 0 spiro atoms. The number of quaternary nitrogens is 1. The molecular weight excluding hydrogens is 250 g/mol. The third-order valence-electron chi connectivity index (χ3n) is 3.51. The lowest BCUT2D eigenvalue weighted by atomic mass is 9.97. The normalized spacial score (nSPS) is 13.8. The maximum Gasteiger partial charge on any atom is 0.137 e. The molecule has 0 saturated heterocycles. The summed E-state index contributed by atoms with van der Waals surface area (Å²) >= 11 is 0. The minimum Gasteiger partial charge on any atom is -0.595 e. The molecule has 0 aliphatic carbocycles. The van der Waals surface area contributed by atoms with Crippen LogP contribution in [0.1, 0.15) is 12.5 Å². The van der Waals surface area contributed by atoms with Crippen LogP contribution < -0.4 is 5.23 Å². The minimum absolute atomic E-state index is 0.338. The SMILES string of the molecule is CC(=Cc1cc2ccccc2c2ccccc12)[NH+]([O-])O. The first kappa shape index (κ1) is 12.8. The highest BCUT2D eigenvalue weighted by Crippen LogP contribution is 2.29. The summed E-state index contributed by atoms with van der Waals surface area (Å²) in [5, 5.41) is 23.7. The largest absolute Gasteiger partial charge is 0.595 e. The van der Waals surface area contributed by atoms with Crippen molar-refractivity contribution >= 4 is 27.6 Å². The van der Waals surface area contributed by atoms with E-state index in [0.29, 0.717) is 5.70 Å². The van der Waals surface area contributed by atoms with Crippen LogP contribution in [-0.4, -0.2) is 5.21 Å². The summed E-state index contributed by atoms with van der Waals surface area (Å²) in [4.78, 5) is 0. The Morgan fingerprint density at radius 2 is 1.60 bits per heavy atom. The Labute approximate surface area is 116 Å². The highest BCUT2D eigenvalue weighted by Gasteiger charge is 2.06. The van der Waals surface area contributed by atoms with Crippen LogP contribution in [0.25, 0.3) is 27.6 Å². The molecule has 3 nitrogen and oxygen atoms in total. The lowest BCUT2D eigenvalue weighted by Crippen LogP contribution is -3.02. The van der Waals surface area contributed by atoms with Gasteiger partial charge in [0.15, 0.2) is 0 Å². The first-order chi connectivity index (χ1) is 9.66. The van der Waals surface area contributed by atoms with Crippen molar-refractivity contribution in [3.8, 4) is 0 Å². The molecule has 0 amide bonds. The Kier molecular flexibility index (Phi) is 3.24. The molecule has 2 N–H and O–H groups in total. The van der Waals surface area contributed by atoms with E-state index in [-0.39, 0.29) is 0 Å². The van der Waals surface area contributed by atoms with Gasteiger partial charge in [-0.1, -0.05) is 48.5 Å². The second-order valence-electron chi connectivity index (χ2n) is 4.87. The lowest BCUT2D eigenvalue weighted by Gasteiger charge is -2.13. The third kappa shape index (κ3) is 2.18. The van der Waals surface area contributed by atoms with Crippen LogP contribution >= 0.6 is 0 Å². The van der Waals surface area contributed by atoms with Crippen molar-refractivity contribution < 1.29 is 10.4 Å². The number of hydrogen-bond donors (Lipinski definition) is 2. The summed E-state index contributed by atoms with van der Waals surface area (Å²) in [7, 11) is 0. The lowest BCUT2D eigenvalue weighted by molar-refractivity contribution is -1.01. The molecule has 0 fully saturated rings. The minimum atomic E-state index is -0.887. The van der Waals surface area contributed by atoms with Crippen molar-refractivity contribution in [2.24, 2.45) is 0 Å². The van der Waals surface area contributed by atoms with Gasteiger partial charge in [0, 0.05) is 13.0 Å². The van der Waals surface area contributed by atoms with Crippen molar-refractivity contribution in [3.63, 3.8) is 0 Å². The Hall–Kier alpha value is -2.20. The molecule has 3 aromatic rings. The molecule has 0 bridgehead atoms. The fourth-order valence-electron chi connectivity index (χ4n) is 2.50. The van der Waals surface area contributed by atoms with Gasteiger partial charge < -0.3 is 5.21 Å². The first-order valence-corrected chi connectivity index (χ1v) is 6.49. The van der Waals surface area contributed by atoms with Gasteiger partial charge >= 0.3 is 0 Å². The van der Waals surface area contributed by atoms with Crippen molar-refractivity contribution in [2.45, 2.75) is 6.92 Å². The van der Waals surface area contributed by atoms with Gasteiger partial charge in [0.05, 0.1) is 0 Å². The number of hydrogen-bond acceptors (Lipinski definition) is 2. The van der Waals surface area contributed by atoms with Crippen molar-refractivity contribution in [1.29, 1.82) is 0 Å².